The lowest BCUT2D eigenvalue weighted by molar-refractivity contribution is -0.122. The second-order valence-electron chi connectivity index (χ2n) is 5.34. The van der Waals surface area contributed by atoms with Crippen LogP contribution in [0.15, 0.2) is 29.2 Å². The van der Waals surface area contributed by atoms with Gasteiger partial charge in [-0.2, -0.15) is 4.31 Å². The van der Waals surface area contributed by atoms with E-state index in [1.165, 1.54) is 16.4 Å². The minimum Gasteiger partial charge on any atom is -0.491 e. The molecule has 0 spiro atoms. The second-order valence-corrected chi connectivity index (χ2v) is 7.23. The van der Waals surface area contributed by atoms with Crippen molar-refractivity contribution in [1.82, 2.24) is 4.31 Å². The van der Waals surface area contributed by atoms with Gasteiger partial charge < -0.3 is 15.2 Å². The number of methoxy groups -OCH3 is 1. The summed E-state index contributed by atoms with van der Waals surface area (Å²) in [6, 6.07) is 5.36. The molecule has 1 aliphatic rings. The number of nitrogens with zero attached hydrogens (tertiary/aromatic N) is 1. The molecular weight excluding hydrogens is 320 g/mol. The van der Waals surface area contributed by atoms with Crippen LogP contribution in [0.25, 0.3) is 0 Å². The Bertz CT molecular complexity index is 630. The van der Waals surface area contributed by atoms with Gasteiger partial charge in [-0.15, -0.1) is 0 Å². The van der Waals surface area contributed by atoms with Crippen molar-refractivity contribution in [1.29, 1.82) is 0 Å². The quantitative estimate of drug-likeness (QED) is 0.737. The highest BCUT2D eigenvalue weighted by Gasteiger charge is 2.36. The normalized spacial score (nSPS) is 19.4. The summed E-state index contributed by atoms with van der Waals surface area (Å²) in [5.74, 6) is -0.0427. The van der Waals surface area contributed by atoms with Gasteiger partial charge in [0.25, 0.3) is 0 Å². The van der Waals surface area contributed by atoms with Crippen LogP contribution in [0.1, 0.15) is 19.3 Å². The zero-order valence-electron chi connectivity index (χ0n) is 13.1. The van der Waals surface area contributed by atoms with Gasteiger partial charge in [-0.3, -0.25) is 4.79 Å². The minimum absolute atomic E-state index is 0.129. The first kappa shape index (κ1) is 17.7. The number of sulfonamides is 1. The molecule has 0 radical (unpaired) electrons. The van der Waals surface area contributed by atoms with E-state index in [-0.39, 0.29) is 4.90 Å². The largest absolute Gasteiger partial charge is 0.491 e. The van der Waals surface area contributed by atoms with E-state index < -0.39 is 22.0 Å². The highest BCUT2D eigenvalue weighted by atomic mass is 32.2. The summed E-state index contributed by atoms with van der Waals surface area (Å²) in [6.07, 6.45) is 1.99. The van der Waals surface area contributed by atoms with Crippen LogP contribution < -0.4 is 10.5 Å². The molecule has 7 nitrogen and oxygen atoms in total. The van der Waals surface area contributed by atoms with Crippen LogP contribution in [0.2, 0.25) is 0 Å². The Kier molecular flexibility index (Phi) is 5.97. The van der Waals surface area contributed by atoms with Crippen LogP contribution in [0, 0.1) is 0 Å². The molecule has 128 valence electrons. The molecule has 2 N–H and O–H groups in total. The zero-order valence-corrected chi connectivity index (χ0v) is 13.9. The van der Waals surface area contributed by atoms with Gasteiger partial charge in [0.15, 0.2) is 0 Å². The van der Waals surface area contributed by atoms with Crippen molar-refractivity contribution in [2.45, 2.75) is 30.2 Å². The predicted octanol–water partition coefficient (Wildman–Crippen LogP) is 0.740. The Hall–Kier alpha value is -1.64. The highest BCUT2D eigenvalue weighted by Crippen LogP contribution is 2.26. The van der Waals surface area contributed by atoms with Crippen LogP contribution in [-0.2, 0) is 19.6 Å². The summed E-state index contributed by atoms with van der Waals surface area (Å²) in [7, 11) is -2.17. The van der Waals surface area contributed by atoms with Gasteiger partial charge in [0, 0.05) is 13.7 Å². The topological polar surface area (TPSA) is 98.9 Å². The SMILES string of the molecule is COCCOc1ccc(S(=O)(=O)N2CCCC[C@@H]2C(N)=O)cc1. The lowest BCUT2D eigenvalue weighted by Crippen LogP contribution is -2.50. The first-order valence-electron chi connectivity index (χ1n) is 7.50. The van der Waals surface area contributed by atoms with Gasteiger partial charge in [-0.05, 0) is 37.1 Å². The number of piperidine rings is 1. The van der Waals surface area contributed by atoms with Crippen LogP contribution in [-0.4, -0.2) is 51.5 Å². The number of nitrogens with two attached hydrogens (primary N) is 1. The number of amides is 1. The molecule has 8 heteroatoms. The third kappa shape index (κ3) is 4.21. The molecule has 1 aromatic carbocycles. The molecule has 1 saturated heterocycles. The number of rotatable bonds is 7. The fourth-order valence-corrected chi connectivity index (χ4v) is 4.23. The fourth-order valence-electron chi connectivity index (χ4n) is 2.56. The van der Waals surface area contributed by atoms with Gasteiger partial charge in [0.1, 0.15) is 18.4 Å². The molecule has 0 aliphatic carbocycles. The van der Waals surface area contributed by atoms with Gasteiger partial charge in [-0.25, -0.2) is 8.42 Å². The molecule has 0 bridgehead atoms. The molecule has 2 rings (SSSR count). The van der Waals surface area contributed by atoms with Crippen molar-refractivity contribution in [3.05, 3.63) is 24.3 Å². The minimum atomic E-state index is -3.75. The van der Waals surface area contributed by atoms with E-state index in [4.69, 9.17) is 15.2 Å². The molecule has 1 aliphatic heterocycles. The maximum Gasteiger partial charge on any atom is 0.243 e. The molecule has 23 heavy (non-hydrogen) atoms. The van der Waals surface area contributed by atoms with Crippen LogP contribution in [0.4, 0.5) is 0 Å². The summed E-state index contributed by atoms with van der Waals surface area (Å²) in [4.78, 5) is 11.7. The van der Waals surface area contributed by atoms with E-state index in [0.717, 1.165) is 12.8 Å². The number of carbonyl (C=O) groups is 1. The number of hydrogen-bond acceptors (Lipinski definition) is 5. The number of hydrogen-bond donors (Lipinski definition) is 1. The first-order chi connectivity index (χ1) is 11.0. The molecule has 1 heterocycles. The van der Waals surface area contributed by atoms with E-state index in [1.54, 1.807) is 19.2 Å². The van der Waals surface area contributed by atoms with Crippen molar-refractivity contribution in [2.24, 2.45) is 5.73 Å². The third-order valence-electron chi connectivity index (χ3n) is 3.77. The molecule has 0 saturated carbocycles. The van der Waals surface area contributed by atoms with Gasteiger partial charge in [-0.1, -0.05) is 6.42 Å². The Labute approximate surface area is 136 Å². The lowest BCUT2D eigenvalue weighted by Gasteiger charge is -2.32. The molecule has 1 atom stereocenters. The Morgan fingerprint density at radius 1 is 1.26 bits per heavy atom. The second kappa shape index (κ2) is 7.76. The highest BCUT2D eigenvalue weighted by molar-refractivity contribution is 7.89. The summed E-state index contributed by atoms with van der Waals surface area (Å²) in [5, 5.41) is 0. The maximum atomic E-state index is 12.7. The van der Waals surface area contributed by atoms with Crippen LogP contribution in [0.5, 0.6) is 5.75 Å². The van der Waals surface area contributed by atoms with E-state index in [1.807, 2.05) is 0 Å². The van der Waals surface area contributed by atoms with E-state index in [9.17, 15) is 13.2 Å². The Morgan fingerprint density at radius 2 is 1.96 bits per heavy atom. The van der Waals surface area contributed by atoms with Crippen LogP contribution in [0.3, 0.4) is 0 Å². The van der Waals surface area contributed by atoms with Crippen molar-refractivity contribution in [3.8, 4) is 5.75 Å². The van der Waals surface area contributed by atoms with E-state index in [0.29, 0.717) is 31.9 Å². The molecule has 0 aromatic heterocycles. The van der Waals surface area contributed by atoms with Crippen LogP contribution >= 0.6 is 0 Å². The van der Waals surface area contributed by atoms with Gasteiger partial charge in [0.05, 0.1) is 11.5 Å². The monoisotopic (exact) mass is 342 g/mol. The number of primary amides is 1. The summed E-state index contributed by atoms with van der Waals surface area (Å²) >= 11 is 0. The molecular formula is C15H22N2O5S. The average molecular weight is 342 g/mol. The fraction of sp³-hybridized carbons (Fsp3) is 0.533. The van der Waals surface area contributed by atoms with Gasteiger partial charge >= 0.3 is 0 Å². The van der Waals surface area contributed by atoms with E-state index >= 15 is 0 Å². The van der Waals surface area contributed by atoms with Crippen molar-refractivity contribution in [2.75, 3.05) is 26.9 Å². The smallest absolute Gasteiger partial charge is 0.243 e. The zero-order chi connectivity index (χ0) is 16.9. The lowest BCUT2D eigenvalue weighted by atomic mass is 10.0. The summed E-state index contributed by atoms with van der Waals surface area (Å²) < 4.78 is 37.0. The summed E-state index contributed by atoms with van der Waals surface area (Å²) in [5.41, 5.74) is 5.35. The maximum absolute atomic E-state index is 12.7. The average Bonchev–Trinajstić information content (AvgIpc) is 2.55. The summed E-state index contributed by atoms with van der Waals surface area (Å²) in [6.45, 7) is 1.15. The Morgan fingerprint density at radius 3 is 2.57 bits per heavy atom. The number of benzene rings is 1. The predicted molar refractivity (Wildman–Crippen MR) is 84.5 cm³/mol. The standard InChI is InChI=1S/C15H22N2O5S/c1-21-10-11-22-12-5-7-13(8-6-12)23(19,20)17-9-3-2-4-14(17)15(16)18/h5-8,14H,2-4,9-11H2,1H3,(H2,16,18)/t14-/m1/s1. The van der Waals surface area contributed by atoms with Crippen molar-refractivity contribution < 1.29 is 22.7 Å². The molecule has 1 amide bonds. The van der Waals surface area contributed by atoms with E-state index in [2.05, 4.69) is 0 Å². The third-order valence-corrected chi connectivity index (χ3v) is 5.69. The molecule has 1 fully saturated rings. The van der Waals surface area contributed by atoms with Crippen molar-refractivity contribution >= 4 is 15.9 Å². The first-order valence-corrected chi connectivity index (χ1v) is 8.94. The molecule has 1 aromatic rings. The van der Waals surface area contributed by atoms with Crippen molar-refractivity contribution in [3.63, 3.8) is 0 Å². The number of ether oxygens (including phenoxy) is 2. The van der Waals surface area contributed by atoms with Gasteiger partial charge in [0.2, 0.25) is 15.9 Å². The number of carbonyl (C=O) groups excluding carboxylic acids is 1. The Balaban J connectivity index is 2.16. The molecule has 0 unspecified atom stereocenters.